The summed E-state index contributed by atoms with van der Waals surface area (Å²) in [5.41, 5.74) is 6.35. The van der Waals surface area contributed by atoms with Crippen LogP contribution in [0.3, 0.4) is 0 Å². The van der Waals surface area contributed by atoms with E-state index in [1.807, 2.05) is 42.1 Å². The van der Waals surface area contributed by atoms with Crippen LogP contribution >= 0.6 is 0 Å². The van der Waals surface area contributed by atoms with Gasteiger partial charge in [0.25, 0.3) is 0 Å². The second kappa shape index (κ2) is 6.02. The molecule has 0 aliphatic carbocycles. The van der Waals surface area contributed by atoms with E-state index in [9.17, 15) is 0 Å². The molecule has 2 heterocycles. The van der Waals surface area contributed by atoms with Crippen LogP contribution in [0.25, 0.3) is 27.8 Å². The molecule has 21 heavy (non-hydrogen) atoms. The minimum atomic E-state index is 0. The molecule has 1 aliphatic heterocycles. The van der Waals surface area contributed by atoms with Gasteiger partial charge < -0.3 is 5.32 Å². The molecule has 0 bridgehead atoms. The third-order valence-electron chi connectivity index (χ3n) is 3.68. The topological polar surface area (TPSA) is 44.8 Å². The van der Waals surface area contributed by atoms with Gasteiger partial charge in [0, 0.05) is 12.6 Å². The molecule has 1 aromatic heterocycles. The first-order chi connectivity index (χ1) is 9.84. The Labute approximate surface area is 166 Å². The van der Waals surface area contributed by atoms with E-state index in [0.717, 1.165) is 28.2 Å². The standard InChI is InChI=1S/C16H13N4.K/c1-20-16-13-8-4-5-9-14(13)17-10-11-6-2-3-7-12(11)15(16)18-19-20;/h2-9H,10H2,1H3;/q-1;+1. The van der Waals surface area contributed by atoms with Crippen molar-refractivity contribution in [3.8, 4) is 22.5 Å². The van der Waals surface area contributed by atoms with E-state index in [4.69, 9.17) is 5.32 Å². The Hall–Kier alpha value is -0.984. The van der Waals surface area contributed by atoms with Gasteiger partial charge in [-0.15, -0.1) is 17.3 Å². The molecule has 0 fully saturated rings. The predicted octanol–water partition coefficient (Wildman–Crippen LogP) is 0.672. The Bertz CT molecular complexity index is 794. The van der Waals surface area contributed by atoms with Crippen molar-refractivity contribution in [2.24, 2.45) is 7.05 Å². The van der Waals surface area contributed by atoms with E-state index in [0.29, 0.717) is 6.54 Å². The molecule has 0 unspecified atom stereocenters. The van der Waals surface area contributed by atoms with Gasteiger partial charge in [-0.2, -0.15) is 0 Å². The fourth-order valence-corrected chi connectivity index (χ4v) is 2.71. The molecule has 2 aromatic carbocycles. The summed E-state index contributed by atoms with van der Waals surface area (Å²) >= 11 is 0. The first-order valence-electron chi connectivity index (χ1n) is 6.59. The van der Waals surface area contributed by atoms with E-state index in [1.165, 1.54) is 5.56 Å². The van der Waals surface area contributed by atoms with Crippen molar-refractivity contribution < 1.29 is 51.4 Å². The molecule has 1 aliphatic rings. The van der Waals surface area contributed by atoms with E-state index in [2.05, 4.69) is 28.5 Å². The molecule has 0 saturated carbocycles. The third-order valence-corrected chi connectivity index (χ3v) is 3.68. The Morgan fingerprint density at radius 1 is 1.00 bits per heavy atom. The number of aromatic nitrogens is 3. The van der Waals surface area contributed by atoms with Gasteiger partial charge in [-0.25, -0.2) is 4.68 Å². The van der Waals surface area contributed by atoms with Crippen LogP contribution in [0.1, 0.15) is 5.56 Å². The average Bonchev–Trinajstić information content (AvgIpc) is 2.85. The maximum absolute atomic E-state index is 4.74. The first-order valence-corrected chi connectivity index (χ1v) is 6.59. The number of hydrogen-bond donors (Lipinski definition) is 0. The summed E-state index contributed by atoms with van der Waals surface area (Å²) in [5, 5.41) is 13.3. The van der Waals surface area contributed by atoms with Crippen LogP contribution < -0.4 is 51.4 Å². The van der Waals surface area contributed by atoms with Crippen molar-refractivity contribution >= 4 is 5.69 Å². The monoisotopic (exact) mass is 300 g/mol. The largest absolute Gasteiger partial charge is 1.00 e. The van der Waals surface area contributed by atoms with Crippen molar-refractivity contribution in [2.45, 2.75) is 6.54 Å². The molecule has 0 radical (unpaired) electrons. The number of hydrogen-bond acceptors (Lipinski definition) is 2. The maximum atomic E-state index is 4.74. The molecular weight excluding hydrogens is 287 g/mol. The molecule has 5 heteroatoms. The van der Waals surface area contributed by atoms with Crippen molar-refractivity contribution in [3.63, 3.8) is 0 Å². The summed E-state index contributed by atoms with van der Waals surface area (Å²) in [7, 11) is 1.92. The van der Waals surface area contributed by atoms with Crippen LogP contribution in [0.15, 0.2) is 48.5 Å². The molecule has 0 atom stereocenters. The quantitative estimate of drug-likeness (QED) is 0.573. The van der Waals surface area contributed by atoms with Gasteiger partial charge >= 0.3 is 51.4 Å². The maximum Gasteiger partial charge on any atom is 1.00 e. The van der Waals surface area contributed by atoms with Gasteiger partial charge in [0.2, 0.25) is 0 Å². The van der Waals surface area contributed by atoms with E-state index in [-0.39, 0.29) is 51.4 Å². The van der Waals surface area contributed by atoms with Crippen LogP contribution in [0, 0.1) is 0 Å². The molecular formula is C16H13KN4. The molecule has 0 amide bonds. The number of fused-ring (bicyclic) bond motifs is 5. The van der Waals surface area contributed by atoms with Crippen LogP contribution in [0.4, 0.5) is 5.69 Å². The average molecular weight is 300 g/mol. The zero-order valence-electron chi connectivity index (χ0n) is 12.1. The van der Waals surface area contributed by atoms with Crippen LogP contribution in [0.5, 0.6) is 0 Å². The molecule has 0 saturated heterocycles. The molecule has 4 rings (SSSR count). The van der Waals surface area contributed by atoms with Crippen LogP contribution in [0.2, 0.25) is 0 Å². The normalized spacial score (nSPS) is 11.9. The Balaban J connectivity index is 0.00000132. The smallest absolute Gasteiger partial charge is 0.680 e. The summed E-state index contributed by atoms with van der Waals surface area (Å²) in [5.74, 6) is 0. The van der Waals surface area contributed by atoms with Gasteiger partial charge in [-0.3, -0.25) is 0 Å². The summed E-state index contributed by atoms with van der Waals surface area (Å²) in [4.78, 5) is 0. The zero-order chi connectivity index (χ0) is 13.5. The van der Waals surface area contributed by atoms with Gasteiger partial charge in [0.05, 0.1) is 5.69 Å². The molecule has 98 valence electrons. The third kappa shape index (κ3) is 2.49. The fraction of sp³-hybridized carbons (Fsp3) is 0.125. The van der Waals surface area contributed by atoms with E-state index >= 15 is 0 Å². The second-order valence-corrected chi connectivity index (χ2v) is 4.90. The summed E-state index contributed by atoms with van der Waals surface area (Å²) in [6.07, 6.45) is 0. The summed E-state index contributed by atoms with van der Waals surface area (Å²) < 4.78 is 1.83. The number of rotatable bonds is 0. The molecule has 3 aromatic rings. The number of benzene rings is 2. The molecule has 4 nitrogen and oxygen atoms in total. The minimum Gasteiger partial charge on any atom is -0.680 e. The minimum absolute atomic E-state index is 0. The fourth-order valence-electron chi connectivity index (χ4n) is 2.71. The van der Waals surface area contributed by atoms with Crippen LogP contribution in [-0.2, 0) is 13.6 Å². The number of aryl methyl sites for hydroxylation is 1. The van der Waals surface area contributed by atoms with Crippen molar-refractivity contribution in [1.82, 2.24) is 15.0 Å². The zero-order valence-corrected chi connectivity index (χ0v) is 15.2. The van der Waals surface area contributed by atoms with Gasteiger partial charge in [0.15, 0.2) is 0 Å². The van der Waals surface area contributed by atoms with E-state index < -0.39 is 0 Å². The Morgan fingerprint density at radius 2 is 1.71 bits per heavy atom. The molecule has 0 N–H and O–H groups in total. The first kappa shape index (κ1) is 14.9. The predicted molar refractivity (Wildman–Crippen MR) is 78.6 cm³/mol. The Kier molecular flexibility index (Phi) is 4.28. The van der Waals surface area contributed by atoms with Gasteiger partial charge in [-0.05, 0) is 5.56 Å². The van der Waals surface area contributed by atoms with Crippen LogP contribution in [-0.4, -0.2) is 15.0 Å². The van der Waals surface area contributed by atoms with Gasteiger partial charge in [-0.1, -0.05) is 59.3 Å². The molecule has 0 spiro atoms. The SMILES string of the molecule is Cn1nnc2c1-c1ccccc1[N-]Cc1ccccc1-2.[K+]. The summed E-state index contributed by atoms with van der Waals surface area (Å²) in [6, 6.07) is 16.4. The van der Waals surface area contributed by atoms with Gasteiger partial charge in [0.1, 0.15) is 5.69 Å². The second-order valence-electron chi connectivity index (χ2n) is 4.90. The summed E-state index contributed by atoms with van der Waals surface area (Å²) in [6.45, 7) is 0.670. The van der Waals surface area contributed by atoms with Crippen molar-refractivity contribution in [3.05, 3.63) is 59.4 Å². The van der Waals surface area contributed by atoms with Crippen molar-refractivity contribution in [2.75, 3.05) is 0 Å². The number of nitrogens with zero attached hydrogens (tertiary/aromatic N) is 4. The van der Waals surface area contributed by atoms with Crippen molar-refractivity contribution in [1.29, 1.82) is 0 Å². The van der Waals surface area contributed by atoms with E-state index in [1.54, 1.807) is 0 Å². The number of para-hydroxylation sites is 1. The Morgan fingerprint density at radius 3 is 2.57 bits per heavy atom.